The lowest BCUT2D eigenvalue weighted by molar-refractivity contribution is 0.298. The first-order valence-electron chi connectivity index (χ1n) is 6.89. The highest BCUT2D eigenvalue weighted by Gasteiger charge is 2.15. The highest BCUT2D eigenvalue weighted by atomic mass is 16.5. The lowest BCUT2D eigenvalue weighted by Crippen LogP contribution is -2.02. The highest BCUT2D eigenvalue weighted by molar-refractivity contribution is 5.55. The van der Waals surface area contributed by atoms with Crippen LogP contribution in [0.3, 0.4) is 0 Å². The van der Waals surface area contributed by atoms with Crippen LogP contribution in [-0.4, -0.2) is 16.4 Å². The Labute approximate surface area is 119 Å². The van der Waals surface area contributed by atoms with Crippen LogP contribution in [0.1, 0.15) is 26.0 Å². The Morgan fingerprint density at radius 1 is 1.20 bits per heavy atom. The molecule has 0 saturated heterocycles. The number of aromatic nitrogens is 2. The quantitative estimate of drug-likeness (QED) is 0.878. The van der Waals surface area contributed by atoms with E-state index in [1.54, 1.807) is 4.68 Å². The Bertz CT molecular complexity index is 578. The lowest BCUT2D eigenvalue weighted by atomic mass is 10.3. The van der Waals surface area contributed by atoms with E-state index >= 15 is 0 Å². The molecular formula is C15H21N3O2. The number of ether oxygens (including phenoxy) is 2. The maximum absolute atomic E-state index is 6.03. The van der Waals surface area contributed by atoms with Crippen molar-refractivity contribution in [3.8, 4) is 17.4 Å². The Hall–Kier alpha value is -2.17. The number of anilines is 1. The summed E-state index contributed by atoms with van der Waals surface area (Å²) >= 11 is 0. The van der Waals surface area contributed by atoms with Crippen molar-refractivity contribution < 1.29 is 9.47 Å². The molecule has 0 unspecified atom stereocenters. The molecule has 0 aliphatic heterocycles. The summed E-state index contributed by atoms with van der Waals surface area (Å²) in [6, 6.07) is 7.58. The van der Waals surface area contributed by atoms with Crippen LogP contribution in [0.4, 0.5) is 5.69 Å². The third-order valence-electron chi connectivity index (χ3n) is 2.94. The summed E-state index contributed by atoms with van der Waals surface area (Å²) in [4.78, 5) is 0. The summed E-state index contributed by atoms with van der Waals surface area (Å²) < 4.78 is 13.4. The first-order valence-corrected chi connectivity index (χ1v) is 6.89. The van der Waals surface area contributed by atoms with Crippen molar-refractivity contribution in [2.75, 3.05) is 12.3 Å². The Balaban J connectivity index is 2.30. The fraction of sp³-hybridized carbons (Fsp3) is 0.400. The van der Waals surface area contributed by atoms with E-state index in [2.05, 4.69) is 12.0 Å². The van der Waals surface area contributed by atoms with Crippen LogP contribution in [0, 0.1) is 6.92 Å². The van der Waals surface area contributed by atoms with Gasteiger partial charge in [0.25, 0.3) is 0 Å². The predicted molar refractivity (Wildman–Crippen MR) is 79.4 cm³/mol. The number of hydrogen-bond acceptors (Lipinski definition) is 4. The highest BCUT2D eigenvalue weighted by Crippen LogP contribution is 2.35. The first-order chi connectivity index (χ1) is 9.67. The van der Waals surface area contributed by atoms with Gasteiger partial charge in [0.1, 0.15) is 5.69 Å². The molecule has 0 radical (unpaired) electrons. The maximum atomic E-state index is 6.03. The lowest BCUT2D eigenvalue weighted by Gasteiger charge is -2.12. The van der Waals surface area contributed by atoms with Crippen molar-refractivity contribution in [2.45, 2.75) is 33.7 Å². The molecule has 0 aliphatic carbocycles. The minimum absolute atomic E-state index is 0.567. The van der Waals surface area contributed by atoms with Crippen LogP contribution in [0.5, 0.6) is 17.4 Å². The number of benzene rings is 1. The van der Waals surface area contributed by atoms with Gasteiger partial charge in [0.2, 0.25) is 5.88 Å². The predicted octanol–water partition coefficient (Wildman–Crippen LogP) is 3.37. The minimum atomic E-state index is 0.567. The van der Waals surface area contributed by atoms with Crippen molar-refractivity contribution in [1.29, 1.82) is 0 Å². The molecule has 1 aromatic carbocycles. The second-order valence-electron chi connectivity index (χ2n) is 4.52. The Morgan fingerprint density at radius 2 is 1.90 bits per heavy atom. The zero-order valence-electron chi connectivity index (χ0n) is 12.2. The van der Waals surface area contributed by atoms with Crippen LogP contribution < -0.4 is 15.2 Å². The molecule has 0 atom stereocenters. The number of rotatable bonds is 6. The molecule has 0 saturated carbocycles. The third-order valence-corrected chi connectivity index (χ3v) is 2.94. The van der Waals surface area contributed by atoms with E-state index in [1.807, 2.05) is 38.1 Å². The standard InChI is InChI=1S/C15H21N3O2/c1-4-10-19-12-8-6-7-9-13(12)20-15-14(16)11(3)17-18(15)5-2/h6-9H,4-5,10,16H2,1-3H3. The average Bonchev–Trinajstić information content (AvgIpc) is 2.74. The van der Waals surface area contributed by atoms with E-state index in [4.69, 9.17) is 15.2 Å². The fourth-order valence-corrected chi connectivity index (χ4v) is 1.87. The maximum Gasteiger partial charge on any atom is 0.241 e. The SMILES string of the molecule is CCCOc1ccccc1Oc1c(N)c(C)nn1CC. The summed E-state index contributed by atoms with van der Waals surface area (Å²) in [5, 5.41) is 4.34. The second kappa shape index (κ2) is 6.32. The van der Waals surface area contributed by atoms with Crippen molar-refractivity contribution in [3.05, 3.63) is 30.0 Å². The molecule has 2 aromatic rings. The molecule has 0 aliphatic rings. The molecule has 1 heterocycles. The third kappa shape index (κ3) is 2.87. The number of nitrogens with zero attached hydrogens (tertiary/aromatic N) is 2. The smallest absolute Gasteiger partial charge is 0.241 e. The minimum Gasteiger partial charge on any atom is -0.490 e. The molecule has 5 nitrogen and oxygen atoms in total. The van der Waals surface area contributed by atoms with Gasteiger partial charge in [0.15, 0.2) is 11.5 Å². The van der Waals surface area contributed by atoms with Crippen molar-refractivity contribution in [3.63, 3.8) is 0 Å². The molecule has 5 heteroatoms. The average molecular weight is 275 g/mol. The number of aryl methyl sites for hydroxylation is 2. The van der Waals surface area contributed by atoms with Crippen LogP contribution in [-0.2, 0) is 6.54 Å². The van der Waals surface area contributed by atoms with Crippen LogP contribution in [0.25, 0.3) is 0 Å². The van der Waals surface area contributed by atoms with Crippen LogP contribution in [0.2, 0.25) is 0 Å². The molecular weight excluding hydrogens is 254 g/mol. The zero-order valence-corrected chi connectivity index (χ0v) is 12.2. The summed E-state index contributed by atoms with van der Waals surface area (Å²) in [5.41, 5.74) is 7.37. The molecule has 0 bridgehead atoms. The van der Waals surface area contributed by atoms with Crippen molar-refractivity contribution in [1.82, 2.24) is 9.78 Å². The molecule has 0 fully saturated rings. The molecule has 2 N–H and O–H groups in total. The fourth-order valence-electron chi connectivity index (χ4n) is 1.87. The first kappa shape index (κ1) is 14.2. The summed E-state index contributed by atoms with van der Waals surface area (Å²) in [5.74, 6) is 1.94. The van der Waals surface area contributed by atoms with Gasteiger partial charge in [0.05, 0.1) is 12.3 Å². The Morgan fingerprint density at radius 3 is 2.55 bits per heavy atom. The van der Waals surface area contributed by atoms with Gasteiger partial charge in [0, 0.05) is 6.54 Å². The van der Waals surface area contributed by atoms with Gasteiger partial charge >= 0.3 is 0 Å². The molecule has 1 aromatic heterocycles. The van der Waals surface area contributed by atoms with Crippen molar-refractivity contribution >= 4 is 5.69 Å². The van der Waals surface area contributed by atoms with Gasteiger partial charge in [-0.1, -0.05) is 19.1 Å². The number of hydrogen-bond donors (Lipinski definition) is 1. The molecule has 2 rings (SSSR count). The zero-order chi connectivity index (χ0) is 14.5. The normalized spacial score (nSPS) is 10.6. The summed E-state index contributed by atoms with van der Waals surface area (Å²) in [7, 11) is 0. The van der Waals surface area contributed by atoms with E-state index in [0.29, 0.717) is 30.5 Å². The summed E-state index contributed by atoms with van der Waals surface area (Å²) in [6.45, 7) is 7.29. The van der Waals surface area contributed by atoms with E-state index in [9.17, 15) is 0 Å². The van der Waals surface area contributed by atoms with E-state index in [0.717, 1.165) is 17.9 Å². The largest absolute Gasteiger partial charge is 0.490 e. The Kier molecular flexibility index (Phi) is 4.50. The van der Waals surface area contributed by atoms with Gasteiger partial charge in [-0.25, -0.2) is 4.68 Å². The van der Waals surface area contributed by atoms with E-state index in [1.165, 1.54) is 0 Å². The van der Waals surface area contributed by atoms with Gasteiger partial charge in [-0.2, -0.15) is 5.10 Å². The van der Waals surface area contributed by atoms with E-state index in [-0.39, 0.29) is 0 Å². The van der Waals surface area contributed by atoms with Crippen LogP contribution >= 0.6 is 0 Å². The molecule has 0 spiro atoms. The van der Waals surface area contributed by atoms with Crippen LogP contribution in [0.15, 0.2) is 24.3 Å². The monoisotopic (exact) mass is 275 g/mol. The van der Waals surface area contributed by atoms with Gasteiger partial charge < -0.3 is 15.2 Å². The topological polar surface area (TPSA) is 62.3 Å². The molecule has 108 valence electrons. The molecule has 0 amide bonds. The van der Waals surface area contributed by atoms with Gasteiger partial charge in [-0.05, 0) is 32.4 Å². The summed E-state index contributed by atoms with van der Waals surface area (Å²) in [6.07, 6.45) is 0.947. The van der Waals surface area contributed by atoms with Gasteiger partial charge in [-0.15, -0.1) is 0 Å². The number of para-hydroxylation sites is 2. The molecule has 20 heavy (non-hydrogen) atoms. The van der Waals surface area contributed by atoms with Crippen molar-refractivity contribution in [2.24, 2.45) is 0 Å². The number of nitrogens with two attached hydrogens (primary N) is 1. The van der Waals surface area contributed by atoms with Gasteiger partial charge in [-0.3, -0.25) is 0 Å². The van der Waals surface area contributed by atoms with E-state index < -0.39 is 0 Å². The number of nitrogen functional groups attached to an aromatic ring is 1. The second-order valence-corrected chi connectivity index (χ2v) is 4.52.